The van der Waals surface area contributed by atoms with Crippen LogP contribution < -0.4 is 14.8 Å². The van der Waals surface area contributed by atoms with Crippen molar-refractivity contribution >= 4 is 11.9 Å². The van der Waals surface area contributed by atoms with E-state index in [-0.39, 0.29) is 18.2 Å². The molecular formula is C19H29NO5. The van der Waals surface area contributed by atoms with Gasteiger partial charge in [-0.15, -0.1) is 0 Å². The molecule has 0 fully saturated rings. The molecule has 25 heavy (non-hydrogen) atoms. The molecule has 0 aliphatic rings. The summed E-state index contributed by atoms with van der Waals surface area (Å²) in [6.45, 7) is 6.26. The number of nitrogens with one attached hydrogen (secondary N) is 1. The first-order valence-electron chi connectivity index (χ1n) is 8.49. The van der Waals surface area contributed by atoms with Crippen molar-refractivity contribution < 1.29 is 24.2 Å². The molecule has 0 saturated heterocycles. The van der Waals surface area contributed by atoms with Crippen molar-refractivity contribution in [3.05, 3.63) is 23.8 Å². The fourth-order valence-electron chi connectivity index (χ4n) is 2.95. The molecule has 0 aromatic heterocycles. The molecule has 1 aromatic carbocycles. The van der Waals surface area contributed by atoms with Crippen LogP contribution in [0.25, 0.3) is 0 Å². The largest absolute Gasteiger partial charge is 0.493 e. The van der Waals surface area contributed by atoms with E-state index >= 15 is 0 Å². The number of rotatable bonds is 10. The molecule has 0 radical (unpaired) electrons. The van der Waals surface area contributed by atoms with Crippen molar-refractivity contribution in [2.75, 3.05) is 14.2 Å². The van der Waals surface area contributed by atoms with Crippen LogP contribution in [0.5, 0.6) is 11.5 Å². The van der Waals surface area contributed by atoms with E-state index in [2.05, 4.69) is 19.2 Å². The maximum atomic E-state index is 12.3. The molecule has 0 bridgehead atoms. The zero-order valence-electron chi connectivity index (χ0n) is 15.7. The summed E-state index contributed by atoms with van der Waals surface area (Å²) in [6, 6.07) is 4.53. The highest BCUT2D eigenvalue weighted by Crippen LogP contribution is 2.31. The van der Waals surface area contributed by atoms with E-state index in [0.717, 1.165) is 6.42 Å². The van der Waals surface area contributed by atoms with Crippen LogP contribution in [-0.2, 0) is 9.59 Å². The van der Waals surface area contributed by atoms with Gasteiger partial charge in [-0.1, -0.05) is 26.8 Å². The van der Waals surface area contributed by atoms with E-state index in [1.807, 2.05) is 6.92 Å². The molecule has 1 rings (SSSR count). The van der Waals surface area contributed by atoms with Crippen molar-refractivity contribution in [3.8, 4) is 11.5 Å². The lowest BCUT2D eigenvalue weighted by atomic mass is 9.95. The Morgan fingerprint density at radius 1 is 1.08 bits per heavy atom. The summed E-state index contributed by atoms with van der Waals surface area (Å²) in [5.41, 5.74) is 0.671. The Bertz CT molecular complexity index is 585. The van der Waals surface area contributed by atoms with Crippen molar-refractivity contribution in [2.24, 2.45) is 11.8 Å². The number of carbonyl (C=O) groups excluding carboxylic acids is 1. The fourth-order valence-corrected chi connectivity index (χ4v) is 2.95. The molecule has 1 amide bonds. The first kappa shape index (κ1) is 20.8. The minimum Gasteiger partial charge on any atom is -0.493 e. The van der Waals surface area contributed by atoms with Crippen LogP contribution in [0.15, 0.2) is 18.2 Å². The number of carboxylic acid groups (broad SMARTS) is 1. The summed E-state index contributed by atoms with van der Waals surface area (Å²) >= 11 is 0. The molecule has 0 saturated carbocycles. The van der Waals surface area contributed by atoms with E-state index < -0.39 is 12.0 Å². The smallest absolute Gasteiger partial charge is 0.305 e. The molecule has 0 aliphatic carbocycles. The third-order valence-electron chi connectivity index (χ3n) is 3.93. The molecule has 0 aliphatic heterocycles. The number of ether oxygens (including phenoxy) is 2. The predicted octanol–water partition coefficient (Wildman–Crippen LogP) is 3.41. The Kier molecular flexibility index (Phi) is 8.25. The van der Waals surface area contributed by atoms with Crippen molar-refractivity contribution in [2.45, 2.75) is 46.1 Å². The quantitative estimate of drug-likeness (QED) is 0.675. The zero-order chi connectivity index (χ0) is 19.0. The number of hydrogen-bond acceptors (Lipinski definition) is 4. The highest BCUT2D eigenvalue weighted by atomic mass is 16.5. The van der Waals surface area contributed by atoms with Gasteiger partial charge in [-0.05, 0) is 36.0 Å². The molecule has 2 atom stereocenters. The second-order valence-corrected chi connectivity index (χ2v) is 6.77. The van der Waals surface area contributed by atoms with E-state index in [0.29, 0.717) is 29.4 Å². The first-order chi connectivity index (χ1) is 11.8. The zero-order valence-corrected chi connectivity index (χ0v) is 15.7. The summed E-state index contributed by atoms with van der Waals surface area (Å²) in [4.78, 5) is 23.5. The standard InChI is InChI=1S/C19H29NO5/c1-12(2)8-13(3)9-18(21)20-15(11-19(22)23)14-6-7-16(24-4)17(10-14)25-5/h6-7,10,12-13,15H,8-9,11H2,1-5H3,(H,20,21)(H,22,23). The summed E-state index contributed by atoms with van der Waals surface area (Å²) in [7, 11) is 3.05. The van der Waals surface area contributed by atoms with Gasteiger partial charge in [0.25, 0.3) is 0 Å². The highest BCUT2D eigenvalue weighted by Gasteiger charge is 2.21. The molecule has 0 spiro atoms. The molecule has 6 nitrogen and oxygen atoms in total. The van der Waals surface area contributed by atoms with E-state index in [1.54, 1.807) is 18.2 Å². The molecule has 6 heteroatoms. The lowest BCUT2D eigenvalue weighted by Crippen LogP contribution is -2.31. The Hall–Kier alpha value is -2.24. The first-order valence-corrected chi connectivity index (χ1v) is 8.49. The Morgan fingerprint density at radius 3 is 2.24 bits per heavy atom. The second-order valence-electron chi connectivity index (χ2n) is 6.77. The van der Waals surface area contributed by atoms with E-state index in [1.165, 1.54) is 14.2 Å². The summed E-state index contributed by atoms with van der Waals surface area (Å²) in [5.74, 6) is 0.693. The second kappa shape index (κ2) is 9.91. The predicted molar refractivity (Wildman–Crippen MR) is 95.9 cm³/mol. The average molecular weight is 351 g/mol. The molecule has 0 heterocycles. The van der Waals surface area contributed by atoms with Gasteiger partial charge >= 0.3 is 5.97 Å². The fraction of sp³-hybridized carbons (Fsp3) is 0.579. The average Bonchev–Trinajstić information content (AvgIpc) is 2.52. The number of carbonyl (C=O) groups is 2. The number of aliphatic carboxylic acids is 1. The summed E-state index contributed by atoms with van der Waals surface area (Å²) in [5, 5.41) is 12.0. The third kappa shape index (κ3) is 7.03. The maximum Gasteiger partial charge on any atom is 0.305 e. The SMILES string of the molecule is COc1ccc(C(CC(=O)O)NC(=O)CC(C)CC(C)C)cc1OC. The topological polar surface area (TPSA) is 84.9 Å². The van der Waals surface area contributed by atoms with Gasteiger partial charge in [0.05, 0.1) is 26.7 Å². The van der Waals surface area contributed by atoms with E-state index in [4.69, 9.17) is 9.47 Å². The van der Waals surface area contributed by atoms with Crippen LogP contribution in [0.3, 0.4) is 0 Å². The molecule has 140 valence electrons. The minimum atomic E-state index is -0.977. The van der Waals surface area contributed by atoms with Crippen LogP contribution in [-0.4, -0.2) is 31.2 Å². The molecule has 2 unspecified atom stereocenters. The third-order valence-corrected chi connectivity index (χ3v) is 3.93. The lowest BCUT2D eigenvalue weighted by molar-refractivity contribution is -0.137. The lowest BCUT2D eigenvalue weighted by Gasteiger charge is -2.20. The number of carboxylic acids is 1. The van der Waals surface area contributed by atoms with Gasteiger partial charge in [-0.2, -0.15) is 0 Å². The van der Waals surface area contributed by atoms with Gasteiger partial charge in [0.15, 0.2) is 11.5 Å². The van der Waals surface area contributed by atoms with E-state index in [9.17, 15) is 14.7 Å². The number of methoxy groups -OCH3 is 2. The van der Waals surface area contributed by atoms with Crippen LogP contribution in [0.4, 0.5) is 0 Å². The number of hydrogen-bond donors (Lipinski definition) is 2. The Labute approximate surface area is 149 Å². The Morgan fingerprint density at radius 2 is 1.72 bits per heavy atom. The normalized spacial score (nSPS) is 13.2. The van der Waals surface area contributed by atoms with Gasteiger partial charge in [0, 0.05) is 6.42 Å². The van der Waals surface area contributed by atoms with Crippen LogP contribution in [0, 0.1) is 11.8 Å². The molecule has 1 aromatic rings. The Balaban J connectivity index is 2.90. The van der Waals surface area contributed by atoms with Crippen LogP contribution in [0.2, 0.25) is 0 Å². The summed E-state index contributed by atoms with van der Waals surface area (Å²) in [6.07, 6.45) is 1.13. The van der Waals surface area contributed by atoms with Crippen LogP contribution >= 0.6 is 0 Å². The summed E-state index contributed by atoms with van der Waals surface area (Å²) < 4.78 is 10.5. The van der Waals surface area contributed by atoms with Gasteiger partial charge in [-0.3, -0.25) is 9.59 Å². The van der Waals surface area contributed by atoms with Crippen molar-refractivity contribution in [3.63, 3.8) is 0 Å². The van der Waals surface area contributed by atoms with Gasteiger partial charge in [0.2, 0.25) is 5.91 Å². The molecular weight excluding hydrogens is 322 g/mol. The van der Waals surface area contributed by atoms with Gasteiger partial charge in [0.1, 0.15) is 0 Å². The van der Waals surface area contributed by atoms with Crippen molar-refractivity contribution in [1.82, 2.24) is 5.32 Å². The molecule has 2 N–H and O–H groups in total. The number of benzene rings is 1. The maximum absolute atomic E-state index is 12.3. The number of amides is 1. The van der Waals surface area contributed by atoms with Crippen LogP contribution in [0.1, 0.15) is 51.6 Å². The van der Waals surface area contributed by atoms with Gasteiger partial charge in [-0.25, -0.2) is 0 Å². The minimum absolute atomic E-state index is 0.144. The van der Waals surface area contributed by atoms with Crippen molar-refractivity contribution in [1.29, 1.82) is 0 Å². The monoisotopic (exact) mass is 351 g/mol. The highest BCUT2D eigenvalue weighted by molar-refractivity contribution is 5.78. The van der Waals surface area contributed by atoms with Gasteiger partial charge < -0.3 is 19.9 Å².